The maximum atomic E-state index is 12.9. The summed E-state index contributed by atoms with van der Waals surface area (Å²) >= 11 is 7.28. The van der Waals surface area contributed by atoms with Crippen LogP contribution in [0.4, 0.5) is 13.2 Å². The zero-order valence-corrected chi connectivity index (χ0v) is 14.4. The lowest BCUT2D eigenvalue weighted by Crippen LogP contribution is -2.08. The van der Waals surface area contributed by atoms with E-state index in [4.69, 9.17) is 11.6 Å². The third-order valence-corrected chi connectivity index (χ3v) is 4.98. The van der Waals surface area contributed by atoms with Gasteiger partial charge in [-0.3, -0.25) is 4.68 Å². The average Bonchev–Trinajstić information content (AvgIpc) is 3.08. The summed E-state index contributed by atoms with van der Waals surface area (Å²) in [4.78, 5) is 4.45. The zero-order valence-electron chi connectivity index (χ0n) is 12.8. The molecule has 1 unspecified atom stereocenters. The summed E-state index contributed by atoms with van der Waals surface area (Å²) in [5.41, 5.74) is 0.287. The summed E-state index contributed by atoms with van der Waals surface area (Å²) in [5.74, 6) is 0. The van der Waals surface area contributed by atoms with Gasteiger partial charge in [-0.1, -0.05) is 29.8 Å². The molecule has 1 aromatic heterocycles. The van der Waals surface area contributed by atoms with Crippen molar-refractivity contribution in [1.82, 2.24) is 14.8 Å². The van der Waals surface area contributed by atoms with Gasteiger partial charge in [-0.15, -0.1) is 11.8 Å². The van der Waals surface area contributed by atoms with E-state index >= 15 is 0 Å². The first-order chi connectivity index (χ1) is 11.9. The topological polar surface area (TPSA) is 30.7 Å². The summed E-state index contributed by atoms with van der Waals surface area (Å²) in [6.07, 6.45) is -1.36. The molecule has 0 amide bonds. The van der Waals surface area contributed by atoms with Crippen LogP contribution in [0.1, 0.15) is 16.4 Å². The number of rotatable bonds is 5. The number of alkyl halides is 3. The van der Waals surface area contributed by atoms with Crippen molar-refractivity contribution in [1.29, 1.82) is 0 Å². The fraction of sp³-hybridized carbons (Fsp3) is 0.176. The fourth-order valence-corrected chi connectivity index (χ4v) is 3.62. The van der Waals surface area contributed by atoms with Crippen LogP contribution in [0, 0.1) is 0 Å². The Labute approximate surface area is 151 Å². The number of thioether (sulfide) groups is 1. The molecule has 1 heterocycles. The van der Waals surface area contributed by atoms with Gasteiger partial charge in [-0.05, 0) is 35.9 Å². The molecular weight excluding hydrogens is 371 g/mol. The molecule has 8 heteroatoms. The van der Waals surface area contributed by atoms with E-state index in [0.717, 1.165) is 17.7 Å². The number of hydrogen-bond donors (Lipinski definition) is 0. The Morgan fingerprint density at radius 1 is 1.12 bits per heavy atom. The van der Waals surface area contributed by atoms with Gasteiger partial charge in [-0.25, -0.2) is 4.98 Å². The van der Waals surface area contributed by atoms with Crippen LogP contribution in [0.15, 0.2) is 66.1 Å². The maximum Gasteiger partial charge on any atom is 0.416 e. The molecule has 0 radical (unpaired) electrons. The van der Waals surface area contributed by atoms with Crippen molar-refractivity contribution >= 4 is 23.4 Å². The SMILES string of the molecule is FC(F)(F)c1cccc(SC(Cn2cncn2)c2ccc(Cl)cc2)c1. The molecule has 25 heavy (non-hydrogen) atoms. The highest BCUT2D eigenvalue weighted by Gasteiger charge is 2.30. The molecule has 0 aliphatic carbocycles. The number of benzene rings is 2. The minimum absolute atomic E-state index is 0.137. The minimum Gasteiger partial charge on any atom is -0.252 e. The fourth-order valence-electron chi connectivity index (χ4n) is 2.30. The molecule has 3 nitrogen and oxygen atoms in total. The first-order valence-electron chi connectivity index (χ1n) is 7.33. The van der Waals surface area contributed by atoms with Crippen LogP contribution in [0.5, 0.6) is 0 Å². The van der Waals surface area contributed by atoms with Crippen molar-refractivity contribution in [2.24, 2.45) is 0 Å². The van der Waals surface area contributed by atoms with Gasteiger partial charge in [0.1, 0.15) is 12.7 Å². The molecule has 0 bridgehead atoms. The minimum atomic E-state index is -4.36. The van der Waals surface area contributed by atoms with E-state index in [9.17, 15) is 13.2 Å². The lowest BCUT2D eigenvalue weighted by molar-refractivity contribution is -0.137. The average molecular weight is 384 g/mol. The Balaban J connectivity index is 1.88. The van der Waals surface area contributed by atoms with Crippen molar-refractivity contribution in [3.05, 3.63) is 77.3 Å². The standard InChI is InChI=1S/C17H13ClF3N3S/c18-14-6-4-12(5-7-14)16(9-24-11-22-10-23-24)25-15-3-1-2-13(8-15)17(19,20)21/h1-8,10-11,16H,9H2. The lowest BCUT2D eigenvalue weighted by Gasteiger charge is -2.18. The lowest BCUT2D eigenvalue weighted by atomic mass is 10.1. The Kier molecular flexibility index (Phi) is 5.34. The molecule has 0 fully saturated rings. The number of aromatic nitrogens is 3. The van der Waals surface area contributed by atoms with E-state index in [1.807, 2.05) is 12.1 Å². The van der Waals surface area contributed by atoms with E-state index in [-0.39, 0.29) is 5.25 Å². The molecule has 0 spiro atoms. The van der Waals surface area contributed by atoms with Gasteiger partial charge in [0.2, 0.25) is 0 Å². The smallest absolute Gasteiger partial charge is 0.252 e. The number of nitrogens with zero attached hydrogens (tertiary/aromatic N) is 3. The Morgan fingerprint density at radius 3 is 2.52 bits per heavy atom. The maximum absolute atomic E-state index is 12.9. The van der Waals surface area contributed by atoms with Crippen LogP contribution in [0.25, 0.3) is 0 Å². The van der Waals surface area contributed by atoms with E-state index in [1.54, 1.807) is 29.2 Å². The van der Waals surface area contributed by atoms with Gasteiger partial charge in [0, 0.05) is 9.92 Å². The third kappa shape index (κ3) is 4.76. The van der Waals surface area contributed by atoms with E-state index in [2.05, 4.69) is 10.1 Å². The molecule has 2 aromatic carbocycles. The first-order valence-corrected chi connectivity index (χ1v) is 8.59. The van der Waals surface area contributed by atoms with Crippen LogP contribution in [0.2, 0.25) is 5.02 Å². The van der Waals surface area contributed by atoms with Gasteiger partial charge in [0.05, 0.1) is 17.4 Å². The van der Waals surface area contributed by atoms with Gasteiger partial charge in [0.25, 0.3) is 0 Å². The molecule has 0 aliphatic heterocycles. The van der Waals surface area contributed by atoms with Crippen LogP contribution >= 0.6 is 23.4 Å². The van der Waals surface area contributed by atoms with E-state index in [0.29, 0.717) is 16.5 Å². The van der Waals surface area contributed by atoms with Gasteiger partial charge >= 0.3 is 6.18 Å². The molecule has 1 atom stereocenters. The quantitative estimate of drug-likeness (QED) is 0.546. The molecule has 0 saturated heterocycles. The Bertz CT molecular complexity index is 820. The van der Waals surface area contributed by atoms with Crippen molar-refractivity contribution < 1.29 is 13.2 Å². The molecule has 0 aliphatic rings. The molecule has 0 N–H and O–H groups in total. The second-order valence-electron chi connectivity index (χ2n) is 5.30. The normalized spacial score (nSPS) is 13.0. The van der Waals surface area contributed by atoms with Crippen molar-refractivity contribution in [3.8, 4) is 0 Å². The Hall–Kier alpha value is -1.99. The van der Waals surface area contributed by atoms with Crippen molar-refractivity contribution in [3.63, 3.8) is 0 Å². The second-order valence-corrected chi connectivity index (χ2v) is 7.01. The largest absolute Gasteiger partial charge is 0.416 e. The molecule has 3 rings (SSSR count). The van der Waals surface area contributed by atoms with Crippen molar-refractivity contribution in [2.45, 2.75) is 22.9 Å². The molecule has 3 aromatic rings. The summed E-state index contributed by atoms with van der Waals surface area (Å²) in [6.45, 7) is 0.475. The van der Waals surface area contributed by atoms with E-state index < -0.39 is 11.7 Å². The highest BCUT2D eigenvalue weighted by Crippen LogP contribution is 2.39. The first kappa shape index (κ1) is 17.8. The zero-order chi connectivity index (χ0) is 17.9. The van der Waals surface area contributed by atoms with E-state index in [1.165, 1.54) is 24.2 Å². The summed E-state index contributed by atoms with van der Waals surface area (Å²) < 4.78 is 40.4. The van der Waals surface area contributed by atoms with Crippen LogP contribution in [0.3, 0.4) is 0 Å². The summed E-state index contributed by atoms with van der Waals surface area (Å²) in [5, 5.41) is 4.55. The summed E-state index contributed by atoms with van der Waals surface area (Å²) in [6, 6.07) is 12.6. The van der Waals surface area contributed by atoms with Gasteiger partial charge < -0.3 is 0 Å². The predicted octanol–water partition coefficient (Wildman–Crippen LogP) is 5.48. The highest BCUT2D eigenvalue weighted by molar-refractivity contribution is 7.99. The Morgan fingerprint density at radius 2 is 1.88 bits per heavy atom. The van der Waals surface area contributed by atoms with Crippen LogP contribution in [-0.4, -0.2) is 14.8 Å². The van der Waals surface area contributed by atoms with Crippen LogP contribution < -0.4 is 0 Å². The third-order valence-electron chi connectivity index (χ3n) is 3.50. The number of hydrogen-bond acceptors (Lipinski definition) is 3. The van der Waals surface area contributed by atoms with Gasteiger partial charge in [0.15, 0.2) is 0 Å². The molecule has 130 valence electrons. The molecule has 0 saturated carbocycles. The number of halogens is 4. The highest BCUT2D eigenvalue weighted by atomic mass is 35.5. The second kappa shape index (κ2) is 7.49. The predicted molar refractivity (Wildman–Crippen MR) is 91.5 cm³/mol. The van der Waals surface area contributed by atoms with Crippen LogP contribution in [-0.2, 0) is 12.7 Å². The molecular formula is C17H13ClF3N3S. The van der Waals surface area contributed by atoms with Gasteiger partial charge in [-0.2, -0.15) is 18.3 Å². The van der Waals surface area contributed by atoms with Crippen molar-refractivity contribution in [2.75, 3.05) is 0 Å². The summed E-state index contributed by atoms with van der Waals surface area (Å²) in [7, 11) is 0. The monoisotopic (exact) mass is 383 g/mol.